The van der Waals surface area contributed by atoms with Gasteiger partial charge in [-0.15, -0.1) is 0 Å². The first-order valence-electron chi connectivity index (χ1n) is 6.87. The van der Waals surface area contributed by atoms with Crippen LogP contribution in [0.4, 0.5) is 5.69 Å². The van der Waals surface area contributed by atoms with Crippen LogP contribution >= 0.6 is 0 Å². The summed E-state index contributed by atoms with van der Waals surface area (Å²) in [6.45, 7) is 2.19. The first-order chi connectivity index (χ1) is 9.00. The SMILES string of the molecule is Cc1cc(N)ccc1C(=O)NCC1(O)CCCCC1. The summed E-state index contributed by atoms with van der Waals surface area (Å²) in [7, 11) is 0. The van der Waals surface area contributed by atoms with Crippen molar-refractivity contribution in [3.63, 3.8) is 0 Å². The van der Waals surface area contributed by atoms with Crippen molar-refractivity contribution in [1.82, 2.24) is 5.32 Å². The van der Waals surface area contributed by atoms with Gasteiger partial charge < -0.3 is 16.2 Å². The van der Waals surface area contributed by atoms with E-state index in [4.69, 9.17) is 5.73 Å². The normalized spacial score (nSPS) is 18.0. The molecule has 0 aliphatic heterocycles. The number of nitrogens with two attached hydrogens (primary N) is 1. The largest absolute Gasteiger partial charge is 0.399 e. The standard InChI is InChI=1S/C15H22N2O2/c1-11-9-12(16)5-6-13(11)14(18)17-10-15(19)7-3-2-4-8-15/h5-6,9,19H,2-4,7-8,10,16H2,1H3,(H,17,18). The number of nitrogen functional groups attached to an aromatic ring is 1. The van der Waals surface area contributed by atoms with Gasteiger partial charge in [-0.3, -0.25) is 4.79 Å². The molecule has 4 heteroatoms. The van der Waals surface area contributed by atoms with Crippen LogP contribution in [0, 0.1) is 6.92 Å². The summed E-state index contributed by atoms with van der Waals surface area (Å²) in [6, 6.07) is 5.23. The molecule has 0 saturated heterocycles. The number of amides is 1. The van der Waals surface area contributed by atoms with Gasteiger partial charge in [-0.1, -0.05) is 19.3 Å². The molecular weight excluding hydrogens is 240 g/mol. The van der Waals surface area contributed by atoms with Gasteiger partial charge in [0.15, 0.2) is 0 Å². The minimum atomic E-state index is -0.727. The minimum absolute atomic E-state index is 0.142. The number of hydrogen-bond acceptors (Lipinski definition) is 3. The van der Waals surface area contributed by atoms with E-state index in [1.54, 1.807) is 18.2 Å². The molecule has 0 atom stereocenters. The van der Waals surface area contributed by atoms with E-state index in [0.717, 1.165) is 31.2 Å². The van der Waals surface area contributed by atoms with Crippen molar-refractivity contribution < 1.29 is 9.90 Å². The first kappa shape index (κ1) is 13.9. The van der Waals surface area contributed by atoms with Gasteiger partial charge in [0.2, 0.25) is 0 Å². The number of rotatable bonds is 3. The van der Waals surface area contributed by atoms with Gasteiger partial charge in [-0.05, 0) is 43.5 Å². The van der Waals surface area contributed by atoms with Gasteiger partial charge in [-0.2, -0.15) is 0 Å². The Morgan fingerprint density at radius 2 is 2.05 bits per heavy atom. The monoisotopic (exact) mass is 262 g/mol. The lowest BCUT2D eigenvalue weighted by molar-refractivity contribution is 0.00525. The maximum absolute atomic E-state index is 12.1. The molecule has 1 fully saturated rings. The van der Waals surface area contributed by atoms with E-state index in [9.17, 15) is 9.90 Å². The molecule has 0 unspecified atom stereocenters. The Hall–Kier alpha value is -1.55. The van der Waals surface area contributed by atoms with Gasteiger partial charge in [0.05, 0.1) is 5.60 Å². The minimum Gasteiger partial charge on any atom is -0.399 e. The molecule has 1 aromatic carbocycles. The van der Waals surface area contributed by atoms with Gasteiger partial charge in [0.25, 0.3) is 5.91 Å². The summed E-state index contributed by atoms with van der Waals surface area (Å²) in [5.74, 6) is -0.142. The Kier molecular flexibility index (Phi) is 4.10. The fourth-order valence-electron chi connectivity index (χ4n) is 2.67. The number of anilines is 1. The second-order valence-corrected chi connectivity index (χ2v) is 5.54. The maximum Gasteiger partial charge on any atom is 0.251 e. The predicted octanol–water partition coefficient (Wildman–Crippen LogP) is 2.00. The van der Waals surface area contributed by atoms with Crippen LogP contribution in [-0.2, 0) is 0 Å². The van der Waals surface area contributed by atoms with Crippen molar-refractivity contribution in [3.8, 4) is 0 Å². The summed E-state index contributed by atoms with van der Waals surface area (Å²) in [5, 5.41) is 13.2. The van der Waals surface area contributed by atoms with Crippen LogP contribution in [0.25, 0.3) is 0 Å². The molecule has 4 nitrogen and oxygen atoms in total. The van der Waals surface area contributed by atoms with Crippen molar-refractivity contribution in [2.75, 3.05) is 12.3 Å². The Balaban J connectivity index is 1.97. The number of nitrogens with one attached hydrogen (secondary N) is 1. The molecular formula is C15H22N2O2. The first-order valence-corrected chi connectivity index (χ1v) is 6.87. The topological polar surface area (TPSA) is 75.4 Å². The molecule has 1 saturated carbocycles. The van der Waals surface area contributed by atoms with E-state index in [-0.39, 0.29) is 5.91 Å². The summed E-state index contributed by atoms with van der Waals surface area (Å²) in [5.41, 5.74) is 7.07. The smallest absolute Gasteiger partial charge is 0.251 e. The molecule has 4 N–H and O–H groups in total. The molecule has 104 valence electrons. The van der Waals surface area contributed by atoms with E-state index in [1.165, 1.54) is 6.42 Å². The number of carbonyl (C=O) groups is 1. The van der Waals surface area contributed by atoms with E-state index in [2.05, 4.69) is 5.32 Å². The zero-order valence-electron chi connectivity index (χ0n) is 11.4. The second-order valence-electron chi connectivity index (χ2n) is 5.54. The molecule has 1 amide bonds. The molecule has 0 bridgehead atoms. The Morgan fingerprint density at radius 3 is 2.68 bits per heavy atom. The number of aliphatic hydroxyl groups is 1. The molecule has 1 aliphatic rings. The third-order valence-corrected chi connectivity index (χ3v) is 3.86. The van der Waals surface area contributed by atoms with Gasteiger partial charge in [0.1, 0.15) is 0 Å². The third-order valence-electron chi connectivity index (χ3n) is 3.86. The average molecular weight is 262 g/mol. The molecule has 0 radical (unpaired) electrons. The number of aryl methyl sites for hydroxylation is 1. The number of benzene rings is 1. The highest BCUT2D eigenvalue weighted by atomic mass is 16.3. The fourth-order valence-corrected chi connectivity index (χ4v) is 2.67. The zero-order chi connectivity index (χ0) is 13.9. The summed E-state index contributed by atoms with van der Waals surface area (Å²) >= 11 is 0. The van der Waals surface area contributed by atoms with Crippen molar-refractivity contribution in [2.24, 2.45) is 0 Å². The van der Waals surface area contributed by atoms with Crippen molar-refractivity contribution >= 4 is 11.6 Å². The molecule has 0 aromatic heterocycles. The highest BCUT2D eigenvalue weighted by molar-refractivity contribution is 5.96. The third kappa shape index (κ3) is 3.47. The molecule has 1 aromatic rings. The fraction of sp³-hybridized carbons (Fsp3) is 0.533. The zero-order valence-corrected chi connectivity index (χ0v) is 11.4. The summed E-state index contributed by atoms with van der Waals surface area (Å²) in [6.07, 6.45) is 4.79. The molecule has 1 aliphatic carbocycles. The van der Waals surface area contributed by atoms with Crippen LogP contribution in [0.3, 0.4) is 0 Å². The van der Waals surface area contributed by atoms with Crippen molar-refractivity contribution in [2.45, 2.75) is 44.6 Å². The van der Waals surface area contributed by atoms with Gasteiger partial charge >= 0.3 is 0 Å². The van der Waals surface area contributed by atoms with E-state index in [1.807, 2.05) is 6.92 Å². The lowest BCUT2D eigenvalue weighted by Crippen LogP contribution is -2.44. The van der Waals surface area contributed by atoms with Gasteiger partial charge in [0, 0.05) is 17.8 Å². The lowest BCUT2D eigenvalue weighted by atomic mass is 9.85. The van der Waals surface area contributed by atoms with Crippen LogP contribution in [-0.4, -0.2) is 23.2 Å². The van der Waals surface area contributed by atoms with Crippen molar-refractivity contribution in [3.05, 3.63) is 29.3 Å². The van der Waals surface area contributed by atoms with Crippen LogP contribution in [0.1, 0.15) is 48.0 Å². The molecule has 0 spiro atoms. The molecule has 0 heterocycles. The van der Waals surface area contributed by atoms with Crippen LogP contribution in [0.15, 0.2) is 18.2 Å². The summed E-state index contributed by atoms with van der Waals surface area (Å²) in [4.78, 5) is 12.1. The summed E-state index contributed by atoms with van der Waals surface area (Å²) < 4.78 is 0. The maximum atomic E-state index is 12.1. The second kappa shape index (κ2) is 5.61. The molecule has 2 rings (SSSR count). The lowest BCUT2D eigenvalue weighted by Gasteiger charge is -2.32. The Morgan fingerprint density at radius 1 is 1.37 bits per heavy atom. The molecule has 19 heavy (non-hydrogen) atoms. The Labute approximate surface area is 114 Å². The highest BCUT2D eigenvalue weighted by Crippen LogP contribution is 2.27. The average Bonchev–Trinajstić information content (AvgIpc) is 2.37. The van der Waals surface area contributed by atoms with E-state index in [0.29, 0.717) is 17.8 Å². The van der Waals surface area contributed by atoms with Crippen LogP contribution < -0.4 is 11.1 Å². The highest BCUT2D eigenvalue weighted by Gasteiger charge is 2.29. The van der Waals surface area contributed by atoms with E-state index < -0.39 is 5.60 Å². The number of hydrogen-bond donors (Lipinski definition) is 3. The van der Waals surface area contributed by atoms with Crippen molar-refractivity contribution in [1.29, 1.82) is 0 Å². The van der Waals surface area contributed by atoms with Crippen LogP contribution in [0.2, 0.25) is 0 Å². The van der Waals surface area contributed by atoms with E-state index >= 15 is 0 Å². The Bertz CT molecular complexity index is 465. The quantitative estimate of drug-likeness (QED) is 0.729. The van der Waals surface area contributed by atoms with Crippen LogP contribution in [0.5, 0.6) is 0 Å². The van der Waals surface area contributed by atoms with Gasteiger partial charge in [-0.25, -0.2) is 0 Å². The number of carbonyl (C=O) groups excluding carboxylic acids is 1. The predicted molar refractivity (Wildman–Crippen MR) is 76.0 cm³/mol.